The Kier molecular flexibility index (Phi) is 13.6. The summed E-state index contributed by atoms with van der Waals surface area (Å²) in [7, 11) is 0. The Labute approximate surface area is 475 Å². The van der Waals surface area contributed by atoms with E-state index in [4.69, 9.17) is 9.72 Å². The second-order valence-electron chi connectivity index (χ2n) is 23.4. The zero-order chi connectivity index (χ0) is 53.2. The zero-order valence-corrected chi connectivity index (χ0v) is 48.1. The molecule has 0 atom stereocenters. The monoisotopic (exact) mass is 1190 g/mol. The van der Waals surface area contributed by atoms with Crippen LogP contribution >= 0.6 is 0 Å². The van der Waals surface area contributed by atoms with Gasteiger partial charge in [0.05, 0.1) is 0 Å². The molecule has 11 aromatic rings. The van der Waals surface area contributed by atoms with E-state index in [2.05, 4.69) is 284 Å². The Bertz CT molecular complexity index is 3990. The molecule has 9 aromatic carbocycles. The first kappa shape index (κ1) is 52.1. The van der Waals surface area contributed by atoms with E-state index >= 15 is 0 Å². The SMILES string of the molecule is CC(C)(C)c1ccc(-c2ccc(-c3cccc(-c4ccccc4)c3N3[CH-]N(c4[c-]c(Oc5[c-]c6c(cc5)c5ccccc5n6-c5cc(C(C)(C)C)c(-c6ccccc6)cn5)ccc4)c4ccccc43)cc2)c(C(C)(C)C)c1.[Pt]. The number of nitrogens with zero attached hydrogens (tertiary/aromatic N) is 4. The van der Waals surface area contributed by atoms with Gasteiger partial charge in [-0.15, -0.1) is 48.1 Å². The summed E-state index contributed by atoms with van der Waals surface area (Å²) in [5.74, 6) is 2.00. The number of aromatic nitrogens is 2. The molecule has 0 saturated carbocycles. The Balaban J connectivity index is 0.00000645. The van der Waals surface area contributed by atoms with Crippen molar-refractivity contribution in [2.45, 2.75) is 78.6 Å². The summed E-state index contributed by atoms with van der Waals surface area (Å²) in [4.78, 5) is 9.71. The van der Waals surface area contributed by atoms with Gasteiger partial charge in [0, 0.05) is 78.0 Å². The average molecular weight is 1200 g/mol. The second-order valence-corrected chi connectivity index (χ2v) is 23.4. The van der Waals surface area contributed by atoms with Crippen molar-refractivity contribution in [3.8, 4) is 61.8 Å². The molecule has 0 saturated heterocycles. The standard InChI is InChI=1S/C72H63N4O.Pt/c1-70(2,3)52-38-40-56(62(42-52)71(4,5)6)50-34-36-51(37-35-50)58-30-21-29-57(48-22-12-10-13-23-48)69(58)75-47-74(65-32-18-19-33-66(65)75)53-26-20-27-54(43-53)77-55-39-41-60-59-28-16-17-31-64(59)76(67(60)44-55)68-45-63(72(7,8)9)61(46-73-68)49-24-14-11-15-25-49;/h10-42,45-47H,1-9H3;/q-3;. The van der Waals surface area contributed by atoms with Gasteiger partial charge in [0.1, 0.15) is 5.82 Å². The predicted octanol–water partition coefficient (Wildman–Crippen LogP) is 19.5. The normalized spacial score (nSPS) is 12.7. The zero-order valence-electron chi connectivity index (χ0n) is 45.8. The molecule has 1 aliphatic rings. The van der Waals surface area contributed by atoms with Crippen molar-refractivity contribution >= 4 is 44.6 Å². The molecule has 0 amide bonds. The molecule has 390 valence electrons. The van der Waals surface area contributed by atoms with Crippen molar-refractivity contribution in [3.05, 3.63) is 248 Å². The number of para-hydroxylation sites is 4. The molecule has 0 unspecified atom stereocenters. The van der Waals surface area contributed by atoms with E-state index in [1.165, 1.54) is 27.8 Å². The number of pyridine rings is 1. The predicted molar refractivity (Wildman–Crippen MR) is 322 cm³/mol. The minimum atomic E-state index is -0.137. The van der Waals surface area contributed by atoms with Gasteiger partial charge in [-0.25, -0.2) is 4.98 Å². The average Bonchev–Trinajstić information content (AvgIpc) is 4.22. The van der Waals surface area contributed by atoms with Gasteiger partial charge in [0.15, 0.2) is 0 Å². The summed E-state index contributed by atoms with van der Waals surface area (Å²) in [6, 6.07) is 81.1. The third kappa shape index (κ3) is 9.75. The van der Waals surface area contributed by atoms with Crippen molar-refractivity contribution in [3.63, 3.8) is 0 Å². The third-order valence-corrected chi connectivity index (χ3v) is 15.0. The van der Waals surface area contributed by atoms with Crippen LogP contribution in [0.1, 0.15) is 79.0 Å². The topological polar surface area (TPSA) is 33.5 Å². The molecule has 0 bridgehead atoms. The summed E-state index contributed by atoms with van der Waals surface area (Å²) in [6.07, 6.45) is 2.02. The number of hydrogen-bond acceptors (Lipinski definition) is 4. The molecule has 3 heterocycles. The van der Waals surface area contributed by atoms with Gasteiger partial charge < -0.3 is 19.1 Å². The Morgan fingerprint density at radius 2 is 0.987 bits per heavy atom. The van der Waals surface area contributed by atoms with Crippen LogP contribution < -0.4 is 14.5 Å². The first-order chi connectivity index (χ1) is 37.1. The smallest absolute Gasteiger partial charge is 0.135 e. The number of anilines is 4. The Hall–Kier alpha value is -7.98. The van der Waals surface area contributed by atoms with Crippen LogP contribution in [-0.4, -0.2) is 9.55 Å². The van der Waals surface area contributed by atoms with Gasteiger partial charge in [-0.3, -0.25) is 0 Å². The van der Waals surface area contributed by atoms with Crippen molar-refractivity contribution in [2.75, 3.05) is 9.80 Å². The first-order valence-corrected chi connectivity index (χ1v) is 26.8. The summed E-state index contributed by atoms with van der Waals surface area (Å²) >= 11 is 0. The molecule has 1 aliphatic heterocycles. The Morgan fingerprint density at radius 1 is 0.436 bits per heavy atom. The van der Waals surface area contributed by atoms with E-state index in [0.29, 0.717) is 11.5 Å². The largest absolute Gasteiger partial charge is 0.509 e. The molecule has 78 heavy (non-hydrogen) atoms. The van der Waals surface area contributed by atoms with Crippen LogP contribution in [0.3, 0.4) is 0 Å². The quantitative estimate of drug-likeness (QED) is 0.135. The van der Waals surface area contributed by atoms with Crippen LogP contribution in [0.4, 0.5) is 22.7 Å². The first-order valence-electron chi connectivity index (χ1n) is 26.8. The number of fused-ring (bicyclic) bond motifs is 4. The molecule has 12 rings (SSSR count). The van der Waals surface area contributed by atoms with Gasteiger partial charge in [0.25, 0.3) is 0 Å². The number of hydrogen-bond donors (Lipinski definition) is 0. The van der Waals surface area contributed by atoms with E-state index < -0.39 is 0 Å². The third-order valence-electron chi connectivity index (χ3n) is 15.0. The molecule has 5 nitrogen and oxygen atoms in total. The summed E-state index contributed by atoms with van der Waals surface area (Å²) < 4.78 is 8.99. The van der Waals surface area contributed by atoms with Crippen LogP contribution in [0.2, 0.25) is 0 Å². The number of benzene rings is 9. The summed E-state index contributed by atoms with van der Waals surface area (Å²) in [5.41, 5.74) is 19.1. The van der Waals surface area contributed by atoms with Crippen LogP contribution in [-0.2, 0) is 37.3 Å². The number of ether oxygens (including phenoxy) is 1. The fourth-order valence-electron chi connectivity index (χ4n) is 11.0. The molecular formula is C72H63N4OPt-3. The van der Waals surface area contributed by atoms with Gasteiger partial charge in [-0.05, 0) is 90.4 Å². The molecule has 6 heteroatoms. The second kappa shape index (κ2) is 20.4. The van der Waals surface area contributed by atoms with E-state index in [-0.39, 0.29) is 37.3 Å². The van der Waals surface area contributed by atoms with Gasteiger partial charge in [0.2, 0.25) is 0 Å². The van der Waals surface area contributed by atoms with Crippen molar-refractivity contribution < 1.29 is 25.8 Å². The van der Waals surface area contributed by atoms with E-state index in [1.807, 2.05) is 24.4 Å². The minimum Gasteiger partial charge on any atom is -0.509 e. The van der Waals surface area contributed by atoms with Crippen LogP contribution in [0.25, 0.3) is 72.1 Å². The van der Waals surface area contributed by atoms with E-state index in [0.717, 1.165) is 83.8 Å². The maximum atomic E-state index is 6.77. The van der Waals surface area contributed by atoms with E-state index in [9.17, 15) is 0 Å². The maximum absolute atomic E-state index is 6.77. The van der Waals surface area contributed by atoms with Crippen molar-refractivity contribution in [1.82, 2.24) is 9.55 Å². The van der Waals surface area contributed by atoms with Crippen LogP contribution in [0, 0.1) is 18.8 Å². The maximum Gasteiger partial charge on any atom is 0.135 e. The van der Waals surface area contributed by atoms with Crippen LogP contribution in [0.15, 0.2) is 212 Å². The Morgan fingerprint density at radius 3 is 1.64 bits per heavy atom. The molecule has 0 N–H and O–H groups in total. The van der Waals surface area contributed by atoms with Crippen LogP contribution in [0.5, 0.6) is 11.5 Å². The summed E-state index contributed by atoms with van der Waals surface area (Å²) in [5, 5.41) is 2.20. The molecule has 0 aliphatic carbocycles. The minimum absolute atomic E-state index is 0. The molecule has 0 radical (unpaired) electrons. The van der Waals surface area contributed by atoms with Gasteiger partial charge in [-0.1, -0.05) is 219 Å². The van der Waals surface area contributed by atoms with Crippen molar-refractivity contribution in [2.24, 2.45) is 0 Å². The van der Waals surface area contributed by atoms with Gasteiger partial charge >= 0.3 is 0 Å². The molecule has 0 fully saturated rings. The fourth-order valence-corrected chi connectivity index (χ4v) is 11.0. The van der Waals surface area contributed by atoms with Crippen molar-refractivity contribution in [1.29, 1.82) is 0 Å². The molecular weight excluding hydrogens is 1130 g/mol. The number of rotatable bonds is 9. The summed E-state index contributed by atoms with van der Waals surface area (Å²) in [6.45, 7) is 22.8. The molecule has 2 aromatic heterocycles. The van der Waals surface area contributed by atoms with E-state index in [1.54, 1.807) is 0 Å². The molecule has 0 spiro atoms. The van der Waals surface area contributed by atoms with Gasteiger partial charge in [-0.2, -0.15) is 12.1 Å². The fraction of sp³-hybridized carbons (Fsp3) is 0.167.